The number of aromatic nitrogens is 1. The van der Waals surface area contributed by atoms with Crippen molar-refractivity contribution in [2.24, 2.45) is 0 Å². The molecular formula is C16H17ClN2O3S. The highest BCUT2D eigenvalue weighted by Crippen LogP contribution is 2.23. The fourth-order valence-corrected chi connectivity index (χ4v) is 2.94. The number of thiazole rings is 1. The van der Waals surface area contributed by atoms with Gasteiger partial charge in [0.2, 0.25) is 0 Å². The van der Waals surface area contributed by atoms with Crippen molar-refractivity contribution >= 4 is 40.5 Å². The standard InChI is InChI=1S/C16H17ClN2O3S/c1-8-12(17)6-5-7-13(8)19-15(20)10(3)22-16(21)14-9(2)18-11(4)23-14/h5-7,10H,1-4H3,(H,19,20)/t10-/m0/s1. The van der Waals surface area contributed by atoms with Crippen LogP contribution in [0.25, 0.3) is 0 Å². The summed E-state index contributed by atoms with van der Waals surface area (Å²) in [6.07, 6.45) is -0.928. The third kappa shape index (κ3) is 4.09. The second-order valence-electron chi connectivity index (χ2n) is 5.10. The highest BCUT2D eigenvalue weighted by atomic mass is 35.5. The van der Waals surface area contributed by atoms with Crippen LogP contribution in [0.5, 0.6) is 0 Å². The molecule has 0 unspecified atom stereocenters. The number of nitrogens with one attached hydrogen (secondary N) is 1. The topological polar surface area (TPSA) is 68.3 Å². The first-order valence-electron chi connectivity index (χ1n) is 7.00. The molecule has 1 amide bonds. The van der Waals surface area contributed by atoms with Crippen LogP contribution in [0.15, 0.2) is 18.2 Å². The molecule has 2 aromatic rings. The molecule has 2 rings (SSSR count). The maximum absolute atomic E-state index is 12.2. The van der Waals surface area contributed by atoms with Crippen molar-refractivity contribution in [3.63, 3.8) is 0 Å². The van der Waals surface area contributed by atoms with E-state index in [0.29, 0.717) is 21.3 Å². The van der Waals surface area contributed by atoms with Crippen LogP contribution in [-0.2, 0) is 9.53 Å². The summed E-state index contributed by atoms with van der Waals surface area (Å²) in [4.78, 5) is 28.9. The van der Waals surface area contributed by atoms with Crippen molar-refractivity contribution in [3.05, 3.63) is 44.4 Å². The predicted octanol–water partition coefficient (Wildman–Crippen LogP) is 3.91. The summed E-state index contributed by atoms with van der Waals surface area (Å²) in [6.45, 7) is 6.88. The Morgan fingerprint density at radius 2 is 2.00 bits per heavy atom. The molecule has 0 fully saturated rings. The van der Waals surface area contributed by atoms with Gasteiger partial charge in [-0.15, -0.1) is 11.3 Å². The minimum absolute atomic E-state index is 0.414. The lowest BCUT2D eigenvalue weighted by Crippen LogP contribution is -2.30. The lowest BCUT2D eigenvalue weighted by Gasteiger charge is -2.14. The van der Waals surface area contributed by atoms with E-state index in [1.165, 1.54) is 18.3 Å². The molecule has 0 aliphatic heterocycles. The highest BCUT2D eigenvalue weighted by Gasteiger charge is 2.22. The van der Waals surface area contributed by atoms with Gasteiger partial charge in [0.1, 0.15) is 4.88 Å². The number of esters is 1. The van der Waals surface area contributed by atoms with Gasteiger partial charge in [0.25, 0.3) is 5.91 Å². The van der Waals surface area contributed by atoms with E-state index in [9.17, 15) is 9.59 Å². The lowest BCUT2D eigenvalue weighted by molar-refractivity contribution is -0.123. The fraction of sp³-hybridized carbons (Fsp3) is 0.312. The minimum Gasteiger partial charge on any atom is -0.448 e. The molecule has 1 heterocycles. The number of benzene rings is 1. The zero-order chi connectivity index (χ0) is 17.1. The summed E-state index contributed by atoms with van der Waals surface area (Å²) in [5.41, 5.74) is 1.96. The van der Waals surface area contributed by atoms with Gasteiger partial charge >= 0.3 is 5.97 Å². The number of nitrogens with zero attached hydrogens (tertiary/aromatic N) is 1. The van der Waals surface area contributed by atoms with Gasteiger partial charge in [-0.25, -0.2) is 9.78 Å². The number of hydrogen-bond acceptors (Lipinski definition) is 5. The summed E-state index contributed by atoms with van der Waals surface area (Å²) < 4.78 is 5.22. The van der Waals surface area contributed by atoms with Crippen LogP contribution in [0.3, 0.4) is 0 Å². The second kappa shape index (κ2) is 7.10. The van der Waals surface area contributed by atoms with E-state index < -0.39 is 18.0 Å². The quantitative estimate of drug-likeness (QED) is 0.847. The van der Waals surface area contributed by atoms with Gasteiger partial charge in [-0.2, -0.15) is 0 Å². The maximum Gasteiger partial charge on any atom is 0.351 e. The van der Waals surface area contributed by atoms with Crippen molar-refractivity contribution in [1.29, 1.82) is 0 Å². The van der Waals surface area contributed by atoms with Crippen LogP contribution in [0.2, 0.25) is 5.02 Å². The molecule has 0 saturated carbocycles. The summed E-state index contributed by atoms with van der Waals surface area (Å²) in [5, 5.41) is 4.05. The van der Waals surface area contributed by atoms with Gasteiger partial charge in [-0.05, 0) is 45.4 Å². The minimum atomic E-state index is -0.928. The van der Waals surface area contributed by atoms with E-state index >= 15 is 0 Å². The molecule has 0 radical (unpaired) electrons. The van der Waals surface area contributed by atoms with Gasteiger partial charge in [0.05, 0.1) is 10.7 Å². The Hall–Kier alpha value is -1.92. The molecule has 1 aromatic heterocycles. The molecule has 0 aliphatic rings. The number of anilines is 1. The molecule has 0 aliphatic carbocycles. The normalized spacial score (nSPS) is 11.9. The third-order valence-electron chi connectivity index (χ3n) is 3.27. The second-order valence-corrected chi connectivity index (χ2v) is 6.71. The predicted molar refractivity (Wildman–Crippen MR) is 91.3 cm³/mol. The lowest BCUT2D eigenvalue weighted by atomic mass is 10.2. The Balaban J connectivity index is 2.04. The van der Waals surface area contributed by atoms with Crippen LogP contribution < -0.4 is 5.32 Å². The van der Waals surface area contributed by atoms with Crippen molar-refractivity contribution in [1.82, 2.24) is 4.98 Å². The number of halogens is 1. The number of hydrogen-bond donors (Lipinski definition) is 1. The van der Waals surface area contributed by atoms with E-state index in [1.807, 2.05) is 6.92 Å². The smallest absolute Gasteiger partial charge is 0.351 e. The van der Waals surface area contributed by atoms with Gasteiger partial charge < -0.3 is 10.1 Å². The Morgan fingerprint density at radius 3 is 2.61 bits per heavy atom. The van der Waals surface area contributed by atoms with Crippen LogP contribution in [0.4, 0.5) is 5.69 Å². The zero-order valence-corrected chi connectivity index (χ0v) is 14.8. The van der Waals surface area contributed by atoms with Crippen molar-refractivity contribution < 1.29 is 14.3 Å². The first-order chi connectivity index (χ1) is 10.8. The number of aryl methyl sites for hydroxylation is 2. The molecule has 1 aromatic carbocycles. The Kier molecular flexibility index (Phi) is 5.38. The molecule has 1 atom stereocenters. The first-order valence-corrected chi connectivity index (χ1v) is 8.20. The van der Waals surface area contributed by atoms with Crippen molar-refractivity contribution in [3.8, 4) is 0 Å². The summed E-state index contributed by atoms with van der Waals surface area (Å²) >= 11 is 7.27. The highest BCUT2D eigenvalue weighted by molar-refractivity contribution is 7.13. The average molecular weight is 353 g/mol. The summed E-state index contributed by atoms with van der Waals surface area (Å²) in [7, 11) is 0. The van der Waals surface area contributed by atoms with E-state index in [1.54, 1.807) is 32.0 Å². The summed E-state index contributed by atoms with van der Waals surface area (Å²) in [6, 6.07) is 5.22. The third-order valence-corrected chi connectivity index (χ3v) is 4.73. The molecule has 0 saturated heterocycles. The summed E-state index contributed by atoms with van der Waals surface area (Å²) in [5.74, 6) is -0.957. The van der Waals surface area contributed by atoms with E-state index in [-0.39, 0.29) is 0 Å². The Labute approximate surface area is 143 Å². The Morgan fingerprint density at radius 1 is 1.30 bits per heavy atom. The van der Waals surface area contributed by atoms with E-state index in [0.717, 1.165) is 10.6 Å². The van der Waals surface area contributed by atoms with Gasteiger partial charge in [-0.3, -0.25) is 4.79 Å². The van der Waals surface area contributed by atoms with Crippen molar-refractivity contribution in [2.45, 2.75) is 33.8 Å². The zero-order valence-electron chi connectivity index (χ0n) is 13.3. The number of amides is 1. The van der Waals surface area contributed by atoms with Gasteiger partial charge in [0.15, 0.2) is 6.10 Å². The SMILES string of the molecule is Cc1nc(C)c(C(=O)O[C@@H](C)C(=O)Nc2cccc(Cl)c2C)s1. The fourth-order valence-electron chi connectivity index (χ4n) is 1.97. The monoisotopic (exact) mass is 352 g/mol. The van der Waals surface area contributed by atoms with Crippen LogP contribution in [-0.4, -0.2) is 23.0 Å². The van der Waals surface area contributed by atoms with Crippen LogP contribution >= 0.6 is 22.9 Å². The molecular weight excluding hydrogens is 336 g/mol. The molecule has 1 N–H and O–H groups in total. The maximum atomic E-state index is 12.2. The molecule has 0 bridgehead atoms. The molecule has 122 valence electrons. The largest absolute Gasteiger partial charge is 0.448 e. The Bertz CT molecular complexity index is 758. The average Bonchev–Trinajstić information content (AvgIpc) is 2.82. The molecule has 7 heteroatoms. The first kappa shape index (κ1) is 17.4. The van der Waals surface area contributed by atoms with E-state index in [4.69, 9.17) is 16.3 Å². The van der Waals surface area contributed by atoms with Crippen LogP contribution in [0.1, 0.15) is 32.9 Å². The van der Waals surface area contributed by atoms with Crippen molar-refractivity contribution in [2.75, 3.05) is 5.32 Å². The number of rotatable bonds is 4. The number of carbonyl (C=O) groups is 2. The molecule has 0 spiro atoms. The van der Waals surface area contributed by atoms with E-state index in [2.05, 4.69) is 10.3 Å². The van der Waals surface area contributed by atoms with Gasteiger partial charge in [0, 0.05) is 10.7 Å². The van der Waals surface area contributed by atoms with Crippen LogP contribution in [0, 0.1) is 20.8 Å². The number of carbonyl (C=O) groups excluding carboxylic acids is 2. The number of ether oxygens (including phenoxy) is 1. The molecule has 5 nitrogen and oxygen atoms in total. The van der Waals surface area contributed by atoms with Gasteiger partial charge in [-0.1, -0.05) is 17.7 Å². The molecule has 23 heavy (non-hydrogen) atoms.